The highest BCUT2D eigenvalue weighted by Gasteiger charge is 2.15. The van der Waals surface area contributed by atoms with Crippen LogP contribution in [0.4, 0.5) is 5.69 Å². The highest BCUT2D eigenvalue weighted by molar-refractivity contribution is 5.53. The van der Waals surface area contributed by atoms with E-state index in [2.05, 4.69) is 41.4 Å². The second-order valence-corrected chi connectivity index (χ2v) is 3.67. The fourth-order valence-electron chi connectivity index (χ4n) is 1.88. The standard InChI is InChI=1S/C13H15N/c1-2-3-7-12-10-9-11-6-4-5-8-13(11)14-12/h4-6,8,12,14H,7,9-10H2,1H3. The van der Waals surface area contributed by atoms with Gasteiger partial charge in [-0.15, -0.1) is 11.8 Å². The Bertz CT molecular complexity index is 370. The van der Waals surface area contributed by atoms with E-state index in [1.54, 1.807) is 0 Å². The topological polar surface area (TPSA) is 12.0 Å². The molecule has 14 heavy (non-hydrogen) atoms. The zero-order chi connectivity index (χ0) is 9.80. The van der Waals surface area contributed by atoms with Crippen molar-refractivity contribution < 1.29 is 0 Å². The van der Waals surface area contributed by atoms with Gasteiger partial charge < -0.3 is 5.32 Å². The van der Waals surface area contributed by atoms with Crippen molar-refractivity contribution in [3.05, 3.63) is 29.8 Å². The fourth-order valence-corrected chi connectivity index (χ4v) is 1.88. The van der Waals surface area contributed by atoms with E-state index in [0.717, 1.165) is 6.42 Å². The van der Waals surface area contributed by atoms with E-state index in [-0.39, 0.29) is 0 Å². The quantitative estimate of drug-likeness (QED) is 0.663. The largest absolute Gasteiger partial charge is 0.381 e. The van der Waals surface area contributed by atoms with Gasteiger partial charge in [0.1, 0.15) is 0 Å². The van der Waals surface area contributed by atoms with E-state index in [1.807, 2.05) is 6.92 Å². The van der Waals surface area contributed by atoms with Crippen LogP contribution in [0.5, 0.6) is 0 Å². The molecule has 1 nitrogen and oxygen atoms in total. The summed E-state index contributed by atoms with van der Waals surface area (Å²) in [5.41, 5.74) is 2.73. The highest BCUT2D eigenvalue weighted by atomic mass is 14.9. The molecule has 0 aromatic heterocycles. The van der Waals surface area contributed by atoms with Crippen LogP contribution in [0, 0.1) is 11.8 Å². The lowest BCUT2D eigenvalue weighted by molar-refractivity contribution is 0.646. The van der Waals surface area contributed by atoms with Crippen molar-refractivity contribution in [3.63, 3.8) is 0 Å². The fraction of sp³-hybridized carbons (Fsp3) is 0.385. The van der Waals surface area contributed by atoms with Gasteiger partial charge in [0.05, 0.1) is 0 Å². The van der Waals surface area contributed by atoms with Gasteiger partial charge in [-0.05, 0) is 31.4 Å². The first-order valence-electron chi connectivity index (χ1n) is 5.14. The van der Waals surface area contributed by atoms with E-state index in [9.17, 15) is 0 Å². The molecule has 1 heteroatoms. The first kappa shape index (κ1) is 9.15. The van der Waals surface area contributed by atoms with Gasteiger partial charge in [-0.25, -0.2) is 0 Å². The van der Waals surface area contributed by atoms with Crippen LogP contribution < -0.4 is 5.32 Å². The van der Waals surface area contributed by atoms with E-state index < -0.39 is 0 Å². The Morgan fingerprint density at radius 1 is 1.43 bits per heavy atom. The lowest BCUT2D eigenvalue weighted by Crippen LogP contribution is -2.24. The monoisotopic (exact) mass is 185 g/mol. The Morgan fingerprint density at radius 3 is 3.14 bits per heavy atom. The van der Waals surface area contributed by atoms with Crippen LogP contribution in [0.1, 0.15) is 25.3 Å². The Morgan fingerprint density at radius 2 is 2.29 bits per heavy atom. The van der Waals surface area contributed by atoms with E-state index in [1.165, 1.54) is 24.1 Å². The van der Waals surface area contributed by atoms with Crippen LogP contribution in [-0.4, -0.2) is 6.04 Å². The molecule has 1 aromatic rings. The van der Waals surface area contributed by atoms with Gasteiger partial charge >= 0.3 is 0 Å². The summed E-state index contributed by atoms with van der Waals surface area (Å²) in [5.74, 6) is 6.09. The number of nitrogens with one attached hydrogen (secondary N) is 1. The molecule has 0 amide bonds. The Labute approximate surface area is 85.5 Å². The molecule has 0 saturated carbocycles. The van der Waals surface area contributed by atoms with Gasteiger partial charge in [-0.3, -0.25) is 0 Å². The smallest absolute Gasteiger partial charge is 0.0375 e. The second kappa shape index (κ2) is 4.19. The number of benzene rings is 1. The number of aryl methyl sites for hydroxylation is 1. The van der Waals surface area contributed by atoms with E-state index in [0.29, 0.717) is 6.04 Å². The highest BCUT2D eigenvalue weighted by Crippen LogP contribution is 2.25. The molecule has 0 spiro atoms. The summed E-state index contributed by atoms with van der Waals surface area (Å²) in [5, 5.41) is 3.53. The minimum Gasteiger partial charge on any atom is -0.381 e. The van der Waals surface area contributed by atoms with Crippen LogP contribution in [0.15, 0.2) is 24.3 Å². The maximum atomic E-state index is 3.53. The van der Waals surface area contributed by atoms with Gasteiger partial charge in [0.25, 0.3) is 0 Å². The van der Waals surface area contributed by atoms with Gasteiger partial charge in [-0.1, -0.05) is 18.2 Å². The van der Waals surface area contributed by atoms with Crippen molar-refractivity contribution in [1.82, 2.24) is 0 Å². The van der Waals surface area contributed by atoms with Crippen molar-refractivity contribution in [2.45, 2.75) is 32.2 Å². The molecule has 0 aliphatic carbocycles. The number of rotatable bonds is 1. The molecule has 0 bridgehead atoms. The third kappa shape index (κ3) is 1.90. The Hall–Kier alpha value is -1.42. The molecular formula is C13H15N. The molecule has 1 unspecified atom stereocenters. The second-order valence-electron chi connectivity index (χ2n) is 3.67. The molecule has 0 fully saturated rings. The maximum absolute atomic E-state index is 3.53. The normalized spacial score (nSPS) is 18.8. The Kier molecular flexibility index (Phi) is 2.74. The molecule has 72 valence electrons. The predicted octanol–water partition coefficient (Wildman–Crippen LogP) is 2.83. The predicted molar refractivity (Wildman–Crippen MR) is 60.2 cm³/mol. The molecule has 1 atom stereocenters. The summed E-state index contributed by atoms with van der Waals surface area (Å²) in [7, 11) is 0. The number of para-hydroxylation sites is 1. The van der Waals surface area contributed by atoms with Crippen molar-refractivity contribution in [2.75, 3.05) is 5.32 Å². The van der Waals surface area contributed by atoms with Crippen molar-refractivity contribution >= 4 is 5.69 Å². The number of fused-ring (bicyclic) bond motifs is 1. The summed E-state index contributed by atoms with van der Waals surface area (Å²) in [4.78, 5) is 0. The first-order valence-corrected chi connectivity index (χ1v) is 5.14. The average molecular weight is 185 g/mol. The molecule has 0 radical (unpaired) electrons. The van der Waals surface area contributed by atoms with Crippen molar-refractivity contribution in [1.29, 1.82) is 0 Å². The van der Waals surface area contributed by atoms with Crippen molar-refractivity contribution in [3.8, 4) is 11.8 Å². The van der Waals surface area contributed by atoms with Gasteiger partial charge in [0, 0.05) is 18.2 Å². The molecule has 1 aromatic carbocycles. The summed E-state index contributed by atoms with van der Waals surface area (Å²) < 4.78 is 0. The Balaban J connectivity index is 2.08. The van der Waals surface area contributed by atoms with Crippen LogP contribution in [0.2, 0.25) is 0 Å². The molecular weight excluding hydrogens is 170 g/mol. The lowest BCUT2D eigenvalue weighted by Gasteiger charge is -2.25. The maximum Gasteiger partial charge on any atom is 0.0375 e. The van der Waals surface area contributed by atoms with Crippen LogP contribution in [0.3, 0.4) is 0 Å². The zero-order valence-corrected chi connectivity index (χ0v) is 8.51. The SMILES string of the molecule is CC#CCC1CCc2ccccc2N1. The average Bonchev–Trinajstić information content (AvgIpc) is 2.26. The third-order valence-corrected chi connectivity index (χ3v) is 2.66. The minimum absolute atomic E-state index is 0.539. The van der Waals surface area contributed by atoms with Gasteiger partial charge in [0.2, 0.25) is 0 Å². The van der Waals surface area contributed by atoms with E-state index in [4.69, 9.17) is 0 Å². The number of hydrogen-bond acceptors (Lipinski definition) is 1. The number of anilines is 1. The molecule has 1 heterocycles. The minimum atomic E-state index is 0.539. The van der Waals surface area contributed by atoms with Crippen LogP contribution in [0.25, 0.3) is 0 Å². The zero-order valence-electron chi connectivity index (χ0n) is 8.51. The van der Waals surface area contributed by atoms with Crippen LogP contribution >= 0.6 is 0 Å². The lowest BCUT2D eigenvalue weighted by atomic mass is 9.96. The van der Waals surface area contributed by atoms with E-state index >= 15 is 0 Å². The summed E-state index contributed by atoms with van der Waals surface area (Å²) in [6.45, 7) is 1.90. The molecule has 2 rings (SSSR count). The molecule has 1 aliphatic rings. The molecule has 0 saturated heterocycles. The molecule has 1 aliphatic heterocycles. The summed E-state index contributed by atoms with van der Waals surface area (Å²) >= 11 is 0. The third-order valence-electron chi connectivity index (χ3n) is 2.66. The number of hydrogen-bond donors (Lipinski definition) is 1. The molecule has 1 N–H and O–H groups in total. The summed E-state index contributed by atoms with van der Waals surface area (Å²) in [6, 6.07) is 9.08. The van der Waals surface area contributed by atoms with Gasteiger partial charge in [-0.2, -0.15) is 0 Å². The van der Waals surface area contributed by atoms with Crippen LogP contribution in [-0.2, 0) is 6.42 Å². The summed E-state index contributed by atoms with van der Waals surface area (Å²) in [6.07, 6.45) is 3.34. The van der Waals surface area contributed by atoms with Gasteiger partial charge in [0.15, 0.2) is 0 Å². The van der Waals surface area contributed by atoms with Crippen molar-refractivity contribution in [2.24, 2.45) is 0 Å². The first-order chi connectivity index (χ1) is 6.90.